The fourth-order valence-electron chi connectivity index (χ4n) is 3.87. The number of anilines is 1. The Balaban J connectivity index is 1.46. The molecule has 1 fully saturated rings. The van der Waals surface area contributed by atoms with Crippen molar-refractivity contribution in [2.75, 3.05) is 24.5 Å². The summed E-state index contributed by atoms with van der Waals surface area (Å²) in [6.07, 6.45) is 1.79. The predicted octanol–water partition coefficient (Wildman–Crippen LogP) is 2.10. The second kappa shape index (κ2) is 8.19. The van der Waals surface area contributed by atoms with Gasteiger partial charge in [0, 0.05) is 36.1 Å². The quantitative estimate of drug-likeness (QED) is 0.578. The van der Waals surface area contributed by atoms with Gasteiger partial charge < -0.3 is 10.2 Å². The van der Waals surface area contributed by atoms with Crippen LogP contribution >= 0.6 is 0 Å². The van der Waals surface area contributed by atoms with Crippen molar-refractivity contribution >= 4 is 11.7 Å². The molecule has 1 saturated heterocycles. The molecule has 0 aliphatic carbocycles. The number of halogens is 3. The van der Waals surface area contributed by atoms with Gasteiger partial charge in [0.1, 0.15) is 23.6 Å². The molecule has 0 unspecified atom stereocenters. The van der Waals surface area contributed by atoms with Crippen LogP contribution in [0.25, 0.3) is 11.1 Å². The molecule has 13 heteroatoms. The van der Waals surface area contributed by atoms with E-state index < -0.39 is 24.2 Å². The van der Waals surface area contributed by atoms with Crippen LogP contribution in [0.15, 0.2) is 24.8 Å². The molecule has 1 aliphatic heterocycles. The molecule has 1 aliphatic rings. The van der Waals surface area contributed by atoms with Crippen LogP contribution in [0.5, 0.6) is 0 Å². The zero-order valence-electron chi connectivity index (χ0n) is 17.8. The highest BCUT2D eigenvalue weighted by molar-refractivity contribution is 5.92. The Bertz CT molecular complexity index is 1180. The number of carbonyl (C=O) groups is 1. The number of aryl methyl sites for hydroxylation is 2. The maximum Gasteiger partial charge on any atom is 0.405 e. The van der Waals surface area contributed by atoms with Crippen molar-refractivity contribution in [2.45, 2.75) is 32.0 Å². The Kier molecular flexibility index (Phi) is 5.52. The molecule has 33 heavy (non-hydrogen) atoms. The summed E-state index contributed by atoms with van der Waals surface area (Å²) in [6.45, 7) is 3.24. The van der Waals surface area contributed by atoms with Crippen LogP contribution in [-0.2, 0) is 5.54 Å². The molecular weight excluding hydrogens is 439 g/mol. The fraction of sp³-hybridized carbons (Fsp3) is 0.400. The van der Waals surface area contributed by atoms with Gasteiger partial charge in [-0.1, -0.05) is 0 Å². The second-order valence-corrected chi connectivity index (χ2v) is 7.96. The third-order valence-corrected chi connectivity index (χ3v) is 5.51. The van der Waals surface area contributed by atoms with Gasteiger partial charge in [-0.2, -0.15) is 28.6 Å². The van der Waals surface area contributed by atoms with Crippen molar-refractivity contribution in [3.63, 3.8) is 0 Å². The number of carbonyl (C=O) groups excluding carboxylic acids is 1. The SMILES string of the molecule is Cc1n[nH]c(C)c1-c1cnn(C2(CC#N)CN(c3cnc(C(=O)NCC(F)(F)F)cn3)C2)c1. The molecule has 0 spiro atoms. The summed E-state index contributed by atoms with van der Waals surface area (Å²) >= 11 is 0. The van der Waals surface area contributed by atoms with Crippen LogP contribution in [0.2, 0.25) is 0 Å². The summed E-state index contributed by atoms with van der Waals surface area (Å²) < 4.78 is 38.6. The van der Waals surface area contributed by atoms with Gasteiger partial charge in [-0.15, -0.1) is 0 Å². The molecule has 3 aromatic rings. The lowest BCUT2D eigenvalue weighted by atomic mass is 9.87. The van der Waals surface area contributed by atoms with Gasteiger partial charge >= 0.3 is 6.18 Å². The lowest BCUT2D eigenvalue weighted by Gasteiger charge is -2.49. The minimum absolute atomic E-state index is 0.214. The highest BCUT2D eigenvalue weighted by Crippen LogP contribution is 2.36. The van der Waals surface area contributed by atoms with E-state index in [-0.39, 0.29) is 12.1 Å². The van der Waals surface area contributed by atoms with Crippen molar-refractivity contribution in [3.05, 3.63) is 41.9 Å². The van der Waals surface area contributed by atoms with Gasteiger partial charge in [0.2, 0.25) is 0 Å². The number of alkyl halides is 3. The van der Waals surface area contributed by atoms with Crippen molar-refractivity contribution in [3.8, 4) is 17.2 Å². The molecule has 172 valence electrons. The number of nitriles is 1. The Morgan fingerprint density at radius 1 is 1.27 bits per heavy atom. The number of nitrogens with zero attached hydrogens (tertiary/aromatic N) is 7. The minimum atomic E-state index is -4.51. The molecule has 0 aromatic carbocycles. The molecule has 0 radical (unpaired) electrons. The average molecular weight is 459 g/mol. The summed E-state index contributed by atoms with van der Waals surface area (Å²) in [5, 5.41) is 22.8. The number of aromatic nitrogens is 6. The molecule has 10 nitrogen and oxygen atoms in total. The first-order valence-electron chi connectivity index (χ1n) is 9.98. The van der Waals surface area contributed by atoms with Crippen LogP contribution in [0.4, 0.5) is 19.0 Å². The predicted molar refractivity (Wildman–Crippen MR) is 110 cm³/mol. The van der Waals surface area contributed by atoms with Gasteiger partial charge in [-0.05, 0) is 13.8 Å². The van der Waals surface area contributed by atoms with E-state index in [2.05, 4.69) is 31.3 Å². The summed E-state index contributed by atoms with van der Waals surface area (Å²) in [6, 6.07) is 2.21. The molecule has 3 aromatic heterocycles. The van der Waals surface area contributed by atoms with E-state index in [1.54, 1.807) is 16.2 Å². The molecule has 2 N–H and O–H groups in total. The molecule has 0 bridgehead atoms. The van der Waals surface area contributed by atoms with Crippen molar-refractivity contribution < 1.29 is 18.0 Å². The summed E-state index contributed by atoms with van der Waals surface area (Å²) in [5.74, 6) is -0.507. The number of rotatable bonds is 6. The van der Waals surface area contributed by atoms with Gasteiger partial charge in [0.05, 0.1) is 36.8 Å². The summed E-state index contributed by atoms with van der Waals surface area (Å²) in [4.78, 5) is 21.7. The second-order valence-electron chi connectivity index (χ2n) is 7.96. The van der Waals surface area contributed by atoms with E-state index in [0.29, 0.717) is 18.9 Å². The number of H-pyrrole nitrogens is 1. The zero-order valence-corrected chi connectivity index (χ0v) is 17.8. The van der Waals surface area contributed by atoms with Crippen LogP contribution in [0.1, 0.15) is 28.3 Å². The smallest absolute Gasteiger partial charge is 0.350 e. The Hall–Kier alpha value is -3.95. The third kappa shape index (κ3) is 4.36. The maximum atomic E-state index is 12.3. The van der Waals surface area contributed by atoms with E-state index in [0.717, 1.165) is 28.7 Å². The largest absolute Gasteiger partial charge is 0.405 e. The maximum absolute atomic E-state index is 12.3. The zero-order chi connectivity index (χ0) is 23.8. The molecule has 4 heterocycles. The van der Waals surface area contributed by atoms with Gasteiger partial charge in [-0.25, -0.2) is 9.97 Å². The van der Waals surface area contributed by atoms with Crippen molar-refractivity contribution in [2.24, 2.45) is 0 Å². The van der Waals surface area contributed by atoms with Gasteiger partial charge in [0.15, 0.2) is 0 Å². The highest BCUT2D eigenvalue weighted by Gasteiger charge is 2.46. The van der Waals surface area contributed by atoms with Crippen molar-refractivity contribution in [1.29, 1.82) is 5.26 Å². The lowest BCUT2D eigenvalue weighted by molar-refractivity contribution is -0.123. The topological polar surface area (TPSA) is 128 Å². The number of hydrogen-bond donors (Lipinski definition) is 2. The third-order valence-electron chi connectivity index (χ3n) is 5.51. The Morgan fingerprint density at radius 2 is 2.03 bits per heavy atom. The Morgan fingerprint density at radius 3 is 2.61 bits per heavy atom. The lowest BCUT2D eigenvalue weighted by Crippen LogP contribution is -2.63. The number of aromatic amines is 1. The molecule has 0 saturated carbocycles. The Labute approximate surface area is 186 Å². The van der Waals surface area contributed by atoms with Crippen LogP contribution in [-0.4, -0.2) is 61.7 Å². The normalized spacial score (nSPS) is 15.1. The summed E-state index contributed by atoms with van der Waals surface area (Å²) in [5.41, 5.74) is 2.86. The van der Waals surface area contributed by atoms with E-state index in [4.69, 9.17) is 0 Å². The first-order valence-corrected chi connectivity index (χ1v) is 9.98. The van der Waals surface area contributed by atoms with E-state index in [9.17, 15) is 23.2 Å². The number of amides is 1. The number of hydrogen-bond acceptors (Lipinski definition) is 7. The first-order chi connectivity index (χ1) is 15.6. The molecule has 4 rings (SSSR count). The van der Waals surface area contributed by atoms with Crippen molar-refractivity contribution in [1.82, 2.24) is 35.3 Å². The van der Waals surface area contributed by atoms with Gasteiger partial charge in [-0.3, -0.25) is 14.6 Å². The van der Waals surface area contributed by atoms with Crippen LogP contribution in [0, 0.1) is 25.2 Å². The molecule has 0 atom stereocenters. The van der Waals surface area contributed by atoms with E-state index in [1.807, 2.05) is 24.9 Å². The summed E-state index contributed by atoms with van der Waals surface area (Å²) in [7, 11) is 0. The van der Waals surface area contributed by atoms with Crippen LogP contribution in [0.3, 0.4) is 0 Å². The fourth-order valence-corrected chi connectivity index (χ4v) is 3.87. The number of nitrogens with one attached hydrogen (secondary N) is 2. The first kappa shape index (κ1) is 22.3. The minimum Gasteiger partial charge on any atom is -0.350 e. The van der Waals surface area contributed by atoms with E-state index >= 15 is 0 Å². The van der Waals surface area contributed by atoms with E-state index in [1.165, 1.54) is 6.20 Å². The highest BCUT2D eigenvalue weighted by atomic mass is 19.4. The monoisotopic (exact) mass is 459 g/mol. The average Bonchev–Trinajstić information content (AvgIpc) is 3.34. The standard InChI is InChI=1S/C20H20F3N9O/c1-12-17(13(2)30-29-12)14-5-28-32(8-14)19(3-4-24)10-31(11-19)16-7-25-15(6-26-16)18(33)27-9-20(21,22)23/h5-8H,3,9-11H2,1-2H3,(H,27,33)(H,29,30). The molecule has 1 amide bonds. The van der Waals surface area contributed by atoms with Crippen LogP contribution < -0.4 is 10.2 Å². The van der Waals surface area contributed by atoms with Gasteiger partial charge in [0.25, 0.3) is 5.91 Å². The molecular formula is C20H20F3N9O.